The topological polar surface area (TPSA) is 55.0 Å². The molecule has 18 heavy (non-hydrogen) atoms. The molecule has 0 aliphatic heterocycles. The molecule has 0 aliphatic carbocycles. The van der Waals surface area contributed by atoms with Crippen LogP contribution < -0.4 is 0 Å². The van der Waals surface area contributed by atoms with E-state index in [1.54, 1.807) is 0 Å². The van der Waals surface area contributed by atoms with Crippen molar-refractivity contribution in [3.05, 3.63) is 50.4 Å². The first kappa shape index (κ1) is 13.3. The number of H-pyrrole nitrogens is 1. The monoisotopic (exact) mass is 372 g/mol. The highest BCUT2D eigenvalue weighted by molar-refractivity contribution is 9.11. The number of nitrogens with one attached hydrogen (secondary N) is 1. The van der Waals surface area contributed by atoms with E-state index in [-0.39, 0.29) is 0 Å². The Kier molecular flexibility index (Phi) is 4.19. The van der Waals surface area contributed by atoms with Crippen molar-refractivity contribution in [1.29, 1.82) is 0 Å². The van der Waals surface area contributed by atoms with Gasteiger partial charge >= 0.3 is 5.97 Å². The lowest BCUT2D eigenvalue weighted by atomic mass is 10.1. The van der Waals surface area contributed by atoms with Crippen molar-refractivity contribution < 1.29 is 9.53 Å². The summed E-state index contributed by atoms with van der Waals surface area (Å²) in [6.45, 7) is 0. The first-order valence-corrected chi connectivity index (χ1v) is 6.75. The van der Waals surface area contributed by atoms with Gasteiger partial charge in [0.25, 0.3) is 0 Å². The maximum Gasteiger partial charge on any atom is 0.356 e. The predicted octanol–water partition coefficient (Wildman–Crippen LogP) is 3.31. The first-order chi connectivity index (χ1) is 8.61. The summed E-state index contributed by atoms with van der Waals surface area (Å²) in [6.07, 6.45) is 2.07. The van der Waals surface area contributed by atoms with E-state index in [1.165, 1.54) is 13.3 Å². The van der Waals surface area contributed by atoms with Gasteiger partial charge in [0.2, 0.25) is 0 Å². The minimum atomic E-state index is -0.417. The largest absolute Gasteiger partial charge is 0.464 e. The van der Waals surface area contributed by atoms with E-state index in [2.05, 4.69) is 46.6 Å². The second kappa shape index (κ2) is 5.67. The number of hydrogen-bond acceptors (Lipinski definition) is 3. The number of ether oxygens (including phenoxy) is 1. The van der Waals surface area contributed by atoms with Crippen molar-refractivity contribution in [3.63, 3.8) is 0 Å². The van der Waals surface area contributed by atoms with Crippen molar-refractivity contribution in [1.82, 2.24) is 9.97 Å². The van der Waals surface area contributed by atoms with Crippen LogP contribution in [0.2, 0.25) is 0 Å². The van der Waals surface area contributed by atoms with Crippen LogP contribution in [0.15, 0.2) is 33.3 Å². The van der Waals surface area contributed by atoms with E-state index in [4.69, 9.17) is 0 Å². The Bertz CT molecular complexity index is 561. The number of carbonyl (C=O) groups is 1. The van der Waals surface area contributed by atoms with Gasteiger partial charge in [0, 0.05) is 15.4 Å². The molecule has 4 nitrogen and oxygen atoms in total. The van der Waals surface area contributed by atoms with Crippen LogP contribution in [0.5, 0.6) is 0 Å². The number of hydrogen-bond donors (Lipinski definition) is 1. The molecule has 0 spiro atoms. The van der Waals surface area contributed by atoms with E-state index in [1.807, 2.05) is 18.2 Å². The molecule has 1 aromatic heterocycles. The summed E-state index contributed by atoms with van der Waals surface area (Å²) in [5.41, 5.74) is 1.43. The van der Waals surface area contributed by atoms with E-state index < -0.39 is 5.97 Å². The first-order valence-electron chi connectivity index (χ1n) is 5.17. The van der Waals surface area contributed by atoms with Gasteiger partial charge in [0.05, 0.1) is 13.3 Å². The Balaban J connectivity index is 2.24. The number of benzene rings is 1. The lowest BCUT2D eigenvalue weighted by molar-refractivity contribution is 0.0594. The standard InChI is InChI=1S/C12H10Br2N2O2/c1-18-12(17)10-6-15-11(16-10)5-7-8(13)3-2-4-9(7)14/h2-4,6H,5H2,1H3,(H,15,16). The van der Waals surface area contributed by atoms with Crippen LogP contribution in [-0.4, -0.2) is 23.0 Å². The third-order valence-electron chi connectivity index (χ3n) is 2.44. The molecule has 0 amide bonds. The summed E-state index contributed by atoms with van der Waals surface area (Å²) < 4.78 is 6.61. The van der Waals surface area contributed by atoms with Crippen LogP contribution in [0.3, 0.4) is 0 Å². The van der Waals surface area contributed by atoms with Crippen LogP contribution in [0.1, 0.15) is 21.9 Å². The van der Waals surface area contributed by atoms with Crippen LogP contribution in [0, 0.1) is 0 Å². The van der Waals surface area contributed by atoms with Crippen LogP contribution in [-0.2, 0) is 11.2 Å². The van der Waals surface area contributed by atoms with Gasteiger partial charge in [-0.3, -0.25) is 0 Å². The fraction of sp³-hybridized carbons (Fsp3) is 0.167. The van der Waals surface area contributed by atoms with Gasteiger partial charge in [-0.05, 0) is 17.7 Å². The van der Waals surface area contributed by atoms with Gasteiger partial charge in [-0.25, -0.2) is 9.78 Å². The van der Waals surface area contributed by atoms with Crippen molar-refractivity contribution in [2.24, 2.45) is 0 Å². The number of imidazole rings is 1. The molecule has 0 radical (unpaired) electrons. The molecule has 2 rings (SSSR count). The molecule has 0 saturated carbocycles. The molecular weight excluding hydrogens is 364 g/mol. The zero-order valence-corrected chi connectivity index (χ0v) is 12.7. The highest BCUT2D eigenvalue weighted by Crippen LogP contribution is 2.26. The van der Waals surface area contributed by atoms with Gasteiger partial charge in [0.15, 0.2) is 0 Å². The SMILES string of the molecule is COC(=O)c1cnc(Cc2c(Br)cccc2Br)[nH]1. The summed E-state index contributed by atoms with van der Waals surface area (Å²) >= 11 is 6.98. The average Bonchev–Trinajstić information content (AvgIpc) is 2.81. The fourth-order valence-corrected chi connectivity index (χ4v) is 2.81. The normalized spacial score (nSPS) is 10.4. The molecular formula is C12H10Br2N2O2. The van der Waals surface area contributed by atoms with E-state index in [9.17, 15) is 4.79 Å². The smallest absolute Gasteiger partial charge is 0.356 e. The number of aromatic nitrogens is 2. The summed E-state index contributed by atoms with van der Waals surface area (Å²) in [5.74, 6) is 0.294. The molecule has 2 aromatic rings. The van der Waals surface area contributed by atoms with Gasteiger partial charge < -0.3 is 9.72 Å². The molecule has 0 unspecified atom stereocenters. The Morgan fingerprint density at radius 2 is 2.06 bits per heavy atom. The number of esters is 1. The molecule has 94 valence electrons. The van der Waals surface area contributed by atoms with Gasteiger partial charge in [-0.15, -0.1) is 0 Å². The third kappa shape index (κ3) is 2.81. The zero-order valence-electron chi connectivity index (χ0n) is 9.54. The van der Waals surface area contributed by atoms with Crippen molar-refractivity contribution >= 4 is 37.8 Å². The molecule has 0 aliphatic rings. The van der Waals surface area contributed by atoms with Crippen molar-refractivity contribution in [3.8, 4) is 0 Å². The summed E-state index contributed by atoms with van der Waals surface area (Å²) in [4.78, 5) is 18.4. The number of methoxy groups -OCH3 is 1. The fourth-order valence-electron chi connectivity index (χ4n) is 1.53. The number of aromatic amines is 1. The van der Waals surface area contributed by atoms with Gasteiger partial charge in [-0.1, -0.05) is 37.9 Å². The van der Waals surface area contributed by atoms with Crippen LogP contribution >= 0.6 is 31.9 Å². The highest BCUT2D eigenvalue weighted by Gasteiger charge is 2.12. The zero-order chi connectivity index (χ0) is 13.1. The molecule has 0 saturated heterocycles. The van der Waals surface area contributed by atoms with Gasteiger partial charge in [-0.2, -0.15) is 0 Å². The van der Waals surface area contributed by atoms with Gasteiger partial charge in [0.1, 0.15) is 11.5 Å². The Labute approximate surface area is 121 Å². The Morgan fingerprint density at radius 3 is 2.67 bits per heavy atom. The minimum Gasteiger partial charge on any atom is -0.464 e. The highest BCUT2D eigenvalue weighted by atomic mass is 79.9. The van der Waals surface area contributed by atoms with Crippen molar-refractivity contribution in [2.75, 3.05) is 7.11 Å². The minimum absolute atomic E-state index is 0.357. The molecule has 1 N–H and O–H groups in total. The summed E-state index contributed by atoms with van der Waals surface area (Å²) in [7, 11) is 1.34. The number of halogens is 2. The maximum absolute atomic E-state index is 11.3. The predicted molar refractivity (Wildman–Crippen MR) is 74.6 cm³/mol. The van der Waals surface area contributed by atoms with E-state index >= 15 is 0 Å². The molecule has 0 atom stereocenters. The van der Waals surface area contributed by atoms with Crippen LogP contribution in [0.25, 0.3) is 0 Å². The molecule has 0 fully saturated rings. The lowest BCUT2D eigenvalue weighted by Crippen LogP contribution is -2.01. The molecule has 1 heterocycles. The number of rotatable bonds is 3. The third-order valence-corrected chi connectivity index (χ3v) is 3.93. The number of carbonyl (C=O) groups excluding carboxylic acids is 1. The average molecular weight is 374 g/mol. The molecule has 6 heteroatoms. The lowest BCUT2D eigenvalue weighted by Gasteiger charge is -2.05. The van der Waals surface area contributed by atoms with E-state index in [0.29, 0.717) is 17.9 Å². The Morgan fingerprint density at radius 1 is 1.39 bits per heavy atom. The van der Waals surface area contributed by atoms with Crippen LogP contribution in [0.4, 0.5) is 0 Å². The quantitative estimate of drug-likeness (QED) is 0.839. The second-order valence-electron chi connectivity index (χ2n) is 3.61. The summed E-state index contributed by atoms with van der Waals surface area (Å²) in [6, 6.07) is 5.87. The van der Waals surface area contributed by atoms with Crippen molar-refractivity contribution in [2.45, 2.75) is 6.42 Å². The molecule has 1 aromatic carbocycles. The maximum atomic E-state index is 11.3. The summed E-state index contributed by atoms with van der Waals surface area (Å²) in [5, 5.41) is 0. The second-order valence-corrected chi connectivity index (χ2v) is 5.32. The van der Waals surface area contributed by atoms with E-state index in [0.717, 1.165) is 14.5 Å². The molecule has 0 bridgehead atoms. The Hall–Kier alpha value is -1.14. The number of nitrogens with zero attached hydrogens (tertiary/aromatic N) is 1.